The van der Waals surface area contributed by atoms with Crippen molar-refractivity contribution in [2.75, 3.05) is 27.2 Å². The van der Waals surface area contributed by atoms with E-state index in [1.807, 2.05) is 14.1 Å². The number of nitrogens with zero attached hydrogens (tertiary/aromatic N) is 1. The van der Waals surface area contributed by atoms with Crippen LogP contribution in [-0.4, -0.2) is 38.0 Å². The molecule has 0 bridgehead atoms. The summed E-state index contributed by atoms with van der Waals surface area (Å²) >= 11 is 0. The standard InChI is InChI=1S/C12H20N2O2/c1-12(2,9-14(3)4)8-13-11(15)10-6-5-7-16-10/h5-7H,8-9H2,1-4H3,(H,13,15). The van der Waals surface area contributed by atoms with Gasteiger partial charge in [-0.1, -0.05) is 13.8 Å². The molecule has 0 saturated heterocycles. The molecule has 1 heterocycles. The molecule has 0 aromatic carbocycles. The lowest BCUT2D eigenvalue weighted by Crippen LogP contribution is -2.39. The minimum Gasteiger partial charge on any atom is -0.459 e. The molecule has 90 valence electrons. The molecule has 1 aromatic heterocycles. The van der Waals surface area contributed by atoms with Gasteiger partial charge in [0.1, 0.15) is 0 Å². The molecule has 1 N–H and O–H groups in total. The molecule has 0 unspecified atom stereocenters. The van der Waals surface area contributed by atoms with Crippen molar-refractivity contribution in [3.05, 3.63) is 24.2 Å². The predicted molar refractivity (Wildman–Crippen MR) is 63.4 cm³/mol. The Morgan fingerprint density at radius 1 is 1.50 bits per heavy atom. The van der Waals surface area contributed by atoms with Gasteiger partial charge < -0.3 is 14.6 Å². The fraction of sp³-hybridized carbons (Fsp3) is 0.583. The van der Waals surface area contributed by atoms with E-state index < -0.39 is 0 Å². The molecule has 0 atom stereocenters. The summed E-state index contributed by atoms with van der Waals surface area (Å²) in [6, 6.07) is 3.37. The summed E-state index contributed by atoms with van der Waals surface area (Å²) in [5, 5.41) is 2.87. The summed E-state index contributed by atoms with van der Waals surface area (Å²) in [5.41, 5.74) is 0.0474. The number of rotatable bonds is 5. The highest BCUT2D eigenvalue weighted by molar-refractivity contribution is 5.91. The first-order valence-electron chi connectivity index (χ1n) is 5.37. The van der Waals surface area contributed by atoms with E-state index in [1.54, 1.807) is 12.1 Å². The second-order valence-corrected chi connectivity index (χ2v) is 5.06. The zero-order valence-corrected chi connectivity index (χ0v) is 10.4. The molecular formula is C12H20N2O2. The van der Waals surface area contributed by atoms with E-state index in [4.69, 9.17) is 4.42 Å². The number of hydrogen-bond donors (Lipinski definition) is 1. The van der Waals surface area contributed by atoms with E-state index in [0.717, 1.165) is 6.54 Å². The molecule has 4 heteroatoms. The number of hydrogen-bond acceptors (Lipinski definition) is 3. The molecular weight excluding hydrogens is 204 g/mol. The average Bonchev–Trinajstić information content (AvgIpc) is 2.64. The molecule has 1 amide bonds. The largest absolute Gasteiger partial charge is 0.459 e. The van der Waals surface area contributed by atoms with Crippen LogP contribution in [-0.2, 0) is 0 Å². The zero-order chi connectivity index (χ0) is 12.2. The van der Waals surface area contributed by atoms with Crippen LogP contribution >= 0.6 is 0 Å². The van der Waals surface area contributed by atoms with Gasteiger partial charge in [0.25, 0.3) is 5.91 Å². The molecule has 0 aliphatic rings. The maximum Gasteiger partial charge on any atom is 0.286 e. The van der Waals surface area contributed by atoms with Crippen molar-refractivity contribution in [3.8, 4) is 0 Å². The lowest BCUT2D eigenvalue weighted by molar-refractivity contribution is 0.0901. The molecule has 1 aromatic rings. The van der Waals surface area contributed by atoms with Crippen molar-refractivity contribution in [2.45, 2.75) is 13.8 Å². The van der Waals surface area contributed by atoms with Gasteiger partial charge in [-0.05, 0) is 31.6 Å². The third-order valence-corrected chi connectivity index (χ3v) is 2.22. The molecule has 1 rings (SSSR count). The maximum atomic E-state index is 11.6. The van der Waals surface area contributed by atoms with Gasteiger partial charge >= 0.3 is 0 Å². The first-order valence-corrected chi connectivity index (χ1v) is 5.37. The highest BCUT2D eigenvalue weighted by Crippen LogP contribution is 2.14. The van der Waals surface area contributed by atoms with Gasteiger partial charge in [-0.25, -0.2) is 0 Å². The Labute approximate surface area is 96.6 Å². The average molecular weight is 224 g/mol. The summed E-state index contributed by atoms with van der Waals surface area (Å²) in [4.78, 5) is 13.7. The minimum atomic E-state index is -0.156. The number of amides is 1. The fourth-order valence-corrected chi connectivity index (χ4v) is 1.73. The van der Waals surface area contributed by atoms with Crippen LogP contribution in [0.5, 0.6) is 0 Å². The van der Waals surface area contributed by atoms with E-state index in [1.165, 1.54) is 6.26 Å². The molecule has 0 fully saturated rings. The third-order valence-electron chi connectivity index (χ3n) is 2.22. The molecule has 0 saturated carbocycles. The molecule has 0 aliphatic carbocycles. The topological polar surface area (TPSA) is 45.5 Å². The maximum absolute atomic E-state index is 11.6. The van der Waals surface area contributed by atoms with Gasteiger partial charge in [0.15, 0.2) is 5.76 Å². The first kappa shape index (κ1) is 12.8. The molecule has 4 nitrogen and oxygen atoms in total. The SMILES string of the molecule is CN(C)CC(C)(C)CNC(=O)c1ccco1. The Bertz CT molecular complexity index is 329. The molecule has 0 radical (unpaired) electrons. The third kappa shape index (κ3) is 4.06. The summed E-state index contributed by atoms with van der Waals surface area (Å²) in [5.74, 6) is 0.206. The highest BCUT2D eigenvalue weighted by atomic mass is 16.3. The van der Waals surface area contributed by atoms with E-state index >= 15 is 0 Å². The molecule has 0 spiro atoms. The van der Waals surface area contributed by atoms with Gasteiger partial charge in [0.05, 0.1) is 6.26 Å². The van der Waals surface area contributed by atoms with Crippen LogP contribution in [0.2, 0.25) is 0 Å². The van der Waals surface area contributed by atoms with E-state index in [9.17, 15) is 4.79 Å². The zero-order valence-electron chi connectivity index (χ0n) is 10.4. The van der Waals surface area contributed by atoms with Crippen LogP contribution in [0.3, 0.4) is 0 Å². The van der Waals surface area contributed by atoms with Crippen molar-refractivity contribution in [1.29, 1.82) is 0 Å². The van der Waals surface area contributed by atoms with Gasteiger partial charge in [-0.15, -0.1) is 0 Å². The summed E-state index contributed by atoms with van der Waals surface area (Å²) < 4.78 is 5.02. The Morgan fingerprint density at radius 2 is 2.19 bits per heavy atom. The number of carbonyl (C=O) groups excluding carboxylic acids is 1. The molecule has 0 aliphatic heterocycles. The van der Waals surface area contributed by atoms with Crippen molar-refractivity contribution in [2.24, 2.45) is 5.41 Å². The van der Waals surface area contributed by atoms with Crippen molar-refractivity contribution in [1.82, 2.24) is 10.2 Å². The van der Waals surface area contributed by atoms with Crippen LogP contribution in [0.25, 0.3) is 0 Å². The van der Waals surface area contributed by atoms with E-state index in [2.05, 4.69) is 24.1 Å². The Hall–Kier alpha value is -1.29. The summed E-state index contributed by atoms with van der Waals surface area (Å²) in [6.07, 6.45) is 1.50. The lowest BCUT2D eigenvalue weighted by atomic mass is 9.93. The highest BCUT2D eigenvalue weighted by Gasteiger charge is 2.20. The summed E-state index contributed by atoms with van der Waals surface area (Å²) in [7, 11) is 4.05. The Balaban J connectivity index is 2.42. The second kappa shape index (κ2) is 5.16. The predicted octanol–water partition coefficient (Wildman–Crippen LogP) is 1.60. The van der Waals surface area contributed by atoms with Crippen molar-refractivity contribution in [3.63, 3.8) is 0 Å². The summed E-state index contributed by atoms with van der Waals surface area (Å²) in [6.45, 7) is 5.79. The minimum absolute atomic E-state index is 0.0474. The lowest BCUT2D eigenvalue weighted by Gasteiger charge is -2.28. The van der Waals surface area contributed by atoms with Crippen molar-refractivity contribution < 1.29 is 9.21 Å². The van der Waals surface area contributed by atoms with Crippen LogP contribution in [0.4, 0.5) is 0 Å². The van der Waals surface area contributed by atoms with Crippen LogP contribution in [0, 0.1) is 5.41 Å². The number of carbonyl (C=O) groups is 1. The monoisotopic (exact) mass is 224 g/mol. The van der Waals surface area contributed by atoms with Gasteiger partial charge in [-0.3, -0.25) is 4.79 Å². The van der Waals surface area contributed by atoms with E-state index in [0.29, 0.717) is 12.3 Å². The number of furan rings is 1. The van der Waals surface area contributed by atoms with Crippen LogP contribution < -0.4 is 5.32 Å². The van der Waals surface area contributed by atoms with Crippen LogP contribution in [0.1, 0.15) is 24.4 Å². The van der Waals surface area contributed by atoms with Crippen LogP contribution in [0.15, 0.2) is 22.8 Å². The van der Waals surface area contributed by atoms with E-state index in [-0.39, 0.29) is 11.3 Å². The number of nitrogens with one attached hydrogen (secondary N) is 1. The van der Waals surface area contributed by atoms with Gasteiger partial charge in [0, 0.05) is 13.1 Å². The normalized spacial score (nSPS) is 11.8. The smallest absolute Gasteiger partial charge is 0.286 e. The first-order chi connectivity index (χ1) is 7.41. The van der Waals surface area contributed by atoms with Gasteiger partial charge in [0.2, 0.25) is 0 Å². The van der Waals surface area contributed by atoms with Gasteiger partial charge in [-0.2, -0.15) is 0 Å². The quantitative estimate of drug-likeness (QED) is 0.826. The second-order valence-electron chi connectivity index (χ2n) is 5.06. The fourth-order valence-electron chi connectivity index (χ4n) is 1.73. The molecule has 16 heavy (non-hydrogen) atoms. The Kier molecular flexibility index (Phi) is 4.12. The van der Waals surface area contributed by atoms with Crippen molar-refractivity contribution >= 4 is 5.91 Å². The Morgan fingerprint density at radius 3 is 2.69 bits per heavy atom.